The Labute approximate surface area is 133 Å². The van der Waals surface area contributed by atoms with Crippen molar-refractivity contribution in [2.24, 2.45) is 5.41 Å². The van der Waals surface area contributed by atoms with Gasteiger partial charge in [0.25, 0.3) is 0 Å². The molecule has 2 aromatic rings. The first-order chi connectivity index (χ1) is 9.91. The van der Waals surface area contributed by atoms with E-state index in [1.54, 1.807) is 7.11 Å². The van der Waals surface area contributed by atoms with Gasteiger partial charge in [0.1, 0.15) is 5.75 Å². The highest BCUT2D eigenvalue weighted by molar-refractivity contribution is 9.10. The number of hydrogen-bond donors (Lipinski definition) is 1. The highest BCUT2D eigenvalue weighted by Crippen LogP contribution is 2.42. The molecule has 21 heavy (non-hydrogen) atoms. The lowest BCUT2D eigenvalue weighted by atomic mass is 9.75. The van der Waals surface area contributed by atoms with Crippen LogP contribution < -0.4 is 4.74 Å². The van der Waals surface area contributed by atoms with Crippen molar-refractivity contribution in [1.29, 1.82) is 0 Å². The van der Waals surface area contributed by atoms with Crippen LogP contribution in [0.3, 0.4) is 0 Å². The lowest BCUT2D eigenvalue weighted by Crippen LogP contribution is -2.26. The van der Waals surface area contributed by atoms with E-state index < -0.39 is 0 Å². The number of ether oxygens (including phenoxy) is 1. The summed E-state index contributed by atoms with van der Waals surface area (Å²) in [6.45, 7) is 4.41. The van der Waals surface area contributed by atoms with E-state index in [1.807, 2.05) is 24.4 Å². The summed E-state index contributed by atoms with van der Waals surface area (Å²) in [5, 5.41) is 10.4. The molecule has 0 radical (unpaired) electrons. The van der Waals surface area contributed by atoms with Crippen LogP contribution in [0.5, 0.6) is 5.75 Å². The highest BCUT2D eigenvalue weighted by atomic mass is 79.9. The molecule has 1 atom stereocenters. The molecule has 0 spiro atoms. The van der Waals surface area contributed by atoms with E-state index in [0.29, 0.717) is 0 Å². The van der Waals surface area contributed by atoms with Gasteiger partial charge in [0, 0.05) is 29.2 Å². The molecule has 3 rings (SSSR count). The summed E-state index contributed by atoms with van der Waals surface area (Å²) in [4.78, 5) is 0. The minimum absolute atomic E-state index is 0.113. The van der Waals surface area contributed by atoms with Gasteiger partial charge in [0.05, 0.1) is 17.7 Å². The molecule has 1 aliphatic rings. The maximum absolute atomic E-state index is 10.4. The van der Waals surface area contributed by atoms with Crippen LogP contribution in [0.2, 0.25) is 0 Å². The normalized spacial score (nSPS) is 20.1. The van der Waals surface area contributed by atoms with Crippen molar-refractivity contribution in [1.82, 2.24) is 4.57 Å². The summed E-state index contributed by atoms with van der Waals surface area (Å²) in [5.41, 5.74) is 3.42. The Balaban J connectivity index is 2.09. The van der Waals surface area contributed by atoms with Gasteiger partial charge in [0.15, 0.2) is 0 Å². The number of methoxy groups -OCH3 is 1. The fourth-order valence-corrected chi connectivity index (χ4v) is 3.58. The lowest BCUT2D eigenvalue weighted by Gasteiger charge is -2.34. The summed E-state index contributed by atoms with van der Waals surface area (Å²) in [6, 6.07) is 8.09. The zero-order valence-electron chi connectivity index (χ0n) is 12.6. The second kappa shape index (κ2) is 5.18. The molecular weight excluding hydrogens is 330 g/mol. The molecule has 0 aliphatic heterocycles. The first-order valence-corrected chi connectivity index (χ1v) is 7.93. The molecule has 1 N–H and O–H groups in total. The quantitative estimate of drug-likeness (QED) is 0.879. The van der Waals surface area contributed by atoms with E-state index in [2.05, 4.69) is 40.4 Å². The van der Waals surface area contributed by atoms with Crippen LogP contribution in [0.25, 0.3) is 5.69 Å². The molecule has 0 bridgehead atoms. The average molecular weight is 350 g/mol. The maximum atomic E-state index is 10.4. The van der Waals surface area contributed by atoms with Crippen molar-refractivity contribution in [3.8, 4) is 11.4 Å². The second-order valence-corrected chi connectivity index (χ2v) is 7.32. The van der Waals surface area contributed by atoms with E-state index in [9.17, 15) is 5.11 Å². The topological polar surface area (TPSA) is 34.4 Å². The predicted molar refractivity (Wildman–Crippen MR) is 87.1 cm³/mol. The molecule has 1 unspecified atom stereocenters. The number of aliphatic hydroxyl groups is 1. The van der Waals surface area contributed by atoms with E-state index in [-0.39, 0.29) is 11.5 Å². The van der Waals surface area contributed by atoms with Crippen molar-refractivity contribution < 1.29 is 9.84 Å². The number of nitrogens with zero attached hydrogens (tertiary/aromatic N) is 1. The second-order valence-electron chi connectivity index (χ2n) is 6.47. The fraction of sp³-hybridized carbons (Fsp3) is 0.412. The Morgan fingerprint density at radius 3 is 2.81 bits per heavy atom. The van der Waals surface area contributed by atoms with Gasteiger partial charge in [-0.05, 0) is 52.4 Å². The summed E-state index contributed by atoms with van der Waals surface area (Å²) < 4.78 is 8.48. The van der Waals surface area contributed by atoms with E-state index >= 15 is 0 Å². The number of benzene rings is 1. The van der Waals surface area contributed by atoms with E-state index in [0.717, 1.165) is 34.3 Å². The van der Waals surface area contributed by atoms with Crippen molar-refractivity contribution in [2.45, 2.75) is 32.8 Å². The monoisotopic (exact) mass is 349 g/mol. The van der Waals surface area contributed by atoms with Crippen molar-refractivity contribution >= 4 is 15.9 Å². The van der Waals surface area contributed by atoms with Crippen LogP contribution in [0.1, 0.15) is 37.6 Å². The molecule has 1 aliphatic carbocycles. The summed E-state index contributed by atoms with van der Waals surface area (Å²) in [5.74, 6) is 0.811. The van der Waals surface area contributed by atoms with Crippen molar-refractivity contribution in [3.63, 3.8) is 0 Å². The minimum atomic E-state index is -0.373. The standard InChI is InChI=1S/C17H20BrNO2/c1-17(2)9-14-12(15(20)10-17)6-7-19(14)11-4-5-13(18)16(8-11)21-3/h4-8,15,20H,9-10H2,1-3H3. The molecule has 112 valence electrons. The Morgan fingerprint density at radius 1 is 1.33 bits per heavy atom. The fourth-order valence-electron chi connectivity index (χ4n) is 3.17. The SMILES string of the molecule is COc1cc(-n2ccc3c2CC(C)(C)CC3O)ccc1Br. The molecule has 1 heterocycles. The Kier molecular flexibility index (Phi) is 3.62. The van der Waals surface area contributed by atoms with Gasteiger partial charge in [0.2, 0.25) is 0 Å². The molecule has 0 saturated carbocycles. The van der Waals surface area contributed by atoms with Gasteiger partial charge in [-0.15, -0.1) is 0 Å². The summed E-state index contributed by atoms with van der Waals surface area (Å²) in [7, 11) is 1.67. The first kappa shape index (κ1) is 14.7. The van der Waals surface area contributed by atoms with Crippen LogP contribution in [-0.2, 0) is 6.42 Å². The Morgan fingerprint density at radius 2 is 2.10 bits per heavy atom. The number of halogens is 1. The lowest BCUT2D eigenvalue weighted by molar-refractivity contribution is 0.0987. The van der Waals surface area contributed by atoms with Gasteiger partial charge in [-0.1, -0.05) is 13.8 Å². The molecule has 4 heteroatoms. The first-order valence-electron chi connectivity index (χ1n) is 7.13. The van der Waals surface area contributed by atoms with Gasteiger partial charge in [-0.2, -0.15) is 0 Å². The van der Waals surface area contributed by atoms with Crippen LogP contribution in [0, 0.1) is 5.41 Å². The highest BCUT2D eigenvalue weighted by Gasteiger charge is 2.33. The van der Waals surface area contributed by atoms with Gasteiger partial charge >= 0.3 is 0 Å². The number of rotatable bonds is 2. The molecule has 1 aromatic heterocycles. The van der Waals surface area contributed by atoms with E-state index in [1.165, 1.54) is 5.69 Å². The minimum Gasteiger partial charge on any atom is -0.495 e. The zero-order valence-corrected chi connectivity index (χ0v) is 14.1. The molecule has 3 nitrogen and oxygen atoms in total. The number of aliphatic hydroxyl groups excluding tert-OH is 1. The third-order valence-corrected chi connectivity index (χ3v) is 4.85. The Bertz CT molecular complexity index is 675. The van der Waals surface area contributed by atoms with E-state index in [4.69, 9.17) is 4.74 Å². The van der Waals surface area contributed by atoms with Crippen LogP contribution in [-0.4, -0.2) is 16.8 Å². The number of hydrogen-bond acceptors (Lipinski definition) is 2. The molecule has 0 fully saturated rings. The molecular formula is C17H20BrNO2. The van der Waals surface area contributed by atoms with Crippen molar-refractivity contribution in [2.75, 3.05) is 7.11 Å². The molecule has 0 amide bonds. The number of fused-ring (bicyclic) bond motifs is 1. The number of aromatic nitrogens is 1. The Hall–Kier alpha value is -1.26. The molecule has 1 aromatic carbocycles. The largest absolute Gasteiger partial charge is 0.495 e. The van der Waals surface area contributed by atoms with Crippen LogP contribution >= 0.6 is 15.9 Å². The smallest absolute Gasteiger partial charge is 0.135 e. The third-order valence-electron chi connectivity index (χ3n) is 4.19. The zero-order chi connectivity index (χ0) is 15.2. The summed E-state index contributed by atoms with van der Waals surface area (Å²) >= 11 is 3.48. The van der Waals surface area contributed by atoms with Gasteiger partial charge in [-0.3, -0.25) is 0 Å². The average Bonchev–Trinajstić information content (AvgIpc) is 2.82. The summed E-state index contributed by atoms with van der Waals surface area (Å²) in [6.07, 6.45) is 3.44. The van der Waals surface area contributed by atoms with Gasteiger partial charge < -0.3 is 14.4 Å². The molecule has 0 saturated heterocycles. The van der Waals surface area contributed by atoms with Crippen molar-refractivity contribution in [3.05, 3.63) is 46.2 Å². The van der Waals surface area contributed by atoms with Crippen LogP contribution in [0.4, 0.5) is 0 Å². The third kappa shape index (κ3) is 2.62. The van der Waals surface area contributed by atoms with Gasteiger partial charge in [-0.25, -0.2) is 0 Å². The van der Waals surface area contributed by atoms with Crippen LogP contribution in [0.15, 0.2) is 34.9 Å². The maximum Gasteiger partial charge on any atom is 0.135 e. The predicted octanol–water partition coefficient (Wildman–Crippen LogP) is 4.25.